The molecule has 80 valence electrons. The van der Waals surface area contributed by atoms with Crippen LogP contribution in [0.15, 0.2) is 6.20 Å². The molecule has 0 aliphatic carbocycles. The Morgan fingerprint density at radius 2 is 2.29 bits per heavy atom. The maximum atomic E-state index is 5.67. The number of hydrogen-bond acceptors (Lipinski definition) is 3. The number of nitrogen functional groups attached to an aromatic ring is 1. The monoisotopic (exact) mass is 197 g/mol. The maximum absolute atomic E-state index is 5.67. The van der Waals surface area contributed by atoms with Gasteiger partial charge < -0.3 is 10.5 Å². The molecular formula is C10H19N3O. The lowest BCUT2D eigenvalue weighted by Crippen LogP contribution is -2.09. The van der Waals surface area contributed by atoms with E-state index in [0.717, 1.165) is 31.0 Å². The van der Waals surface area contributed by atoms with Gasteiger partial charge in [0.15, 0.2) is 0 Å². The number of nitrogens with two attached hydrogens (primary N) is 1. The van der Waals surface area contributed by atoms with Crippen LogP contribution in [0.5, 0.6) is 0 Å². The van der Waals surface area contributed by atoms with Gasteiger partial charge in [-0.05, 0) is 13.3 Å². The quantitative estimate of drug-likeness (QED) is 0.705. The molecule has 1 heterocycles. The molecule has 0 aromatic carbocycles. The number of nitrogens with zero attached hydrogens (tertiary/aromatic N) is 2. The minimum atomic E-state index is 0.710. The Bertz CT molecular complexity index is 270. The second-order valence-electron chi connectivity index (χ2n) is 3.37. The first-order valence-corrected chi connectivity index (χ1v) is 5.11. The Balaban J connectivity index is 2.21. The van der Waals surface area contributed by atoms with Crippen LogP contribution in [0.3, 0.4) is 0 Å². The third-order valence-electron chi connectivity index (χ3n) is 2.23. The third kappa shape index (κ3) is 3.03. The molecule has 0 aliphatic rings. The van der Waals surface area contributed by atoms with Crippen molar-refractivity contribution in [1.29, 1.82) is 0 Å². The summed E-state index contributed by atoms with van der Waals surface area (Å²) < 4.78 is 7.32. The molecule has 0 saturated carbocycles. The summed E-state index contributed by atoms with van der Waals surface area (Å²) in [6.45, 7) is 6.46. The average Bonchev–Trinajstić information content (AvgIpc) is 2.49. The largest absolute Gasteiger partial charge is 0.396 e. The zero-order chi connectivity index (χ0) is 10.4. The molecule has 0 bridgehead atoms. The molecule has 0 saturated heterocycles. The standard InChI is InChI=1S/C10H19N3O/c1-3-4-6-14-7-5-13-9(2)10(11)8-12-13/h8H,3-7,11H2,1-2H3. The summed E-state index contributed by atoms with van der Waals surface area (Å²) in [4.78, 5) is 0. The molecule has 0 amide bonds. The van der Waals surface area contributed by atoms with Crippen molar-refractivity contribution in [2.24, 2.45) is 0 Å². The molecule has 1 rings (SSSR count). The van der Waals surface area contributed by atoms with Crippen LogP contribution in [0.1, 0.15) is 25.5 Å². The van der Waals surface area contributed by atoms with Gasteiger partial charge >= 0.3 is 0 Å². The first-order chi connectivity index (χ1) is 6.75. The number of unbranched alkanes of at least 4 members (excludes halogenated alkanes) is 1. The van der Waals surface area contributed by atoms with Crippen molar-refractivity contribution in [2.75, 3.05) is 18.9 Å². The van der Waals surface area contributed by atoms with Crippen molar-refractivity contribution in [1.82, 2.24) is 9.78 Å². The van der Waals surface area contributed by atoms with Gasteiger partial charge in [-0.15, -0.1) is 0 Å². The summed E-state index contributed by atoms with van der Waals surface area (Å²) in [5.41, 5.74) is 7.43. The molecule has 4 heteroatoms. The highest BCUT2D eigenvalue weighted by molar-refractivity contribution is 5.39. The lowest BCUT2D eigenvalue weighted by atomic mass is 10.4. The molecule has 0 unspecified atom stereocenters. The molecule has 0 spiro atoms. The minimum Gasteiger partial charge on any atom is -0.396 e. The maximum Gasteiger partial charge on any atom is 0.0730 e. The van der Waals surface area contributed by atoms with E-state index >= 15 is 0 Å². The number of rotatable bonds is 6. The highest BCUT2D eigenvalue weighted by Crippen LogP contribution is 2.07. The number of anilines is 1. The van der Waals surface area contributed by atoms with Crippen molar-refractivity contribution in [3.63, 3.8) is 0 Å². The molecule has 1 aromatic rings. The second kappa shape index (κ2) is 5.65. The number of aromatic nitrogens is 2. The Morgan fingerprint density at radius 1 is 1.50 bits per heavy atom. The van der Waals surface area contributed by atoms with Crippen molar-refractivity contribution in [3.05, 3.63) is 11.9 Å². The molecule has 1 aromatic heterocycles. The van der Waals surface area contributed by atoms with Crippen molar-refractivity contribution in [3.8, 4) is 0 Å². The van der Waals surface area contributed by atoms with Gasteiger partial charge in [0.05, 0.1) is 30.7 Å². The summed E-state index contributed by atoms with van der Waals surface area (Å²) >= 11 is 0. The van der Waals surface area contributed by atoms with Gasteiger partial charge in [-0.3, -0.25) is 4.68 Å². The minimum absolute atomic E-state index is 0.710. The Hall–Kier alpha value is -1.03. The topological polar surface area (TPSA) is 53.1 Å². The fourth-order valence-electron chi connectivity index (χ4n) is 1.19. The normalized spacial score (nSPS) is 10.7. The summed E-state index contributed by atoms with van der Waals surface area (Å²) in [5.74, 6) is 0. The van der Waals surface area contributed by atoms with Gasteiger partial charge in [0.1, 0.15) is 0 Å². The second-order valence-corrected chi connectivity index (χ2v) is 3.37. The van der Waals surface area contributed by atoms with E-state index in [-0.39, 0.29) is 0 Å². The zero-order valence-corrected chi connectivity index (χ0v) is 8.99. The van der Waals surface area contributed by atoms with Crippen LogP contribution in [-0.2, 0) is 11.3 Å². The van der Waals surface area contributed by atoms with E-state index in [9.17, 15) is 0 Å². The lowest BCUT2D eigenvalue weighted by Gasteiger charge is -2.05. The van der Waals surface area contributed by atoms with Gasteiger partial charge in [-0.25, -0.2) is 0 Å². The summed E-state index contributed by atoms with van der Waals surface area (Å²) in [5, 5.41) is 4.14. The van der Waals surface area contributed by atoms with Crippen LogP contribution >= 0.6 is 0 Å². The van der Waals surface area contributed by atoms with Crippen LogP contribution in [0.25, 0.3) is 0 Å². The molecule has 14 heavy (non-hydrogen) atoms. The first-order valence-electron chi connectivity index (χ1n) is 5.11. The first kappa shape index (κ1) is 11.0. The van der Waals surface area contributed by atoms with E-state index in [1.165, 1.54) is 6.42 Å². The fraction of sp³-hybridized carbons (Fsp3) is 0.700. The summed E-state index contributed by atoms with van der Waals surface area (Å²) in [7, 11) is 0. The lowest BCUT2D eigenvalue weighted by molar-refractivity contribution is 0.120. The molecular weight excluding hydrogens is 178 g/mol. The average molecular weight is 197 g/mol. The molecule has 4 nitrogen and oxygen atoms in total. The highest BCUT2D eigenvalue weighted by atomic mass is 16.5. The zero-order valence-electron chi connectivity index (χ0n) is 8.99. The van der Waals surface area contributed by atoms with Gasteiger partial charge in [0, 0.05) is 6.61 Å². The summed E-state index contributed by atoms with van der Waals surface area (Å²) in [6, 6.07) is 0. The van der Waals surface area contributed by atoms with Gasteiger partial charge in [-0.2, -0.15) is 5.10 Å². The van der Waals surface area contributed by atoms with E-state index < -0.39 is 0 Å². The fourth-order valence-corrected chi connectivity index (χ4v) is 1.19. The van der Waals surface area contributed by atoms with Crippen LogP contribution in [0.2, 0.25) is 0 Å². The smallest absolute Gasteiger partial charge is 0.0730 e. The van der Waals surface area contributed by atoms with E-state index in [4.69, 9.17) is 10.5 Å². The van der Waals surface area contributed by atoms with Gasteiger partial charge in [0.2, 0.25) is 0 Å². The van der Waals surface area contributed by atoms with E-state index in [1.807, 2.05) is 11.6 Å². The van der Waals surface area contributed by atoms with Crippen molar-refractivity contribution in [2.45, 2.75) is 33.2 Å². The van der Waals surface area contributed by atoms with Crippen molar-refractivity contribution >= 4 is 5.69 Å². The van der Waals surface area contributed by atoms with Crippen LogP contribution in [0, 0.1) is 6.92 Å². The predicted molar refractivity (Wildman–Crippen MR) is 57.1 cm³/mol. The SMILES string of the molecule is CCCCOCCn1ncc(N)c1C. The van der Waals surface area contributed by atoms with Gasteiger partial charge in [-0.1, -0.05) is 13.3 Å². The predicted octanol–water partition coefficient (Wildman–Crippen LogP) is 1.59. The van der Waals surface area contributed by atoms with Crippen LogP contribution < -0.4 is 5.73 Å². The van der Waals surface area contributed by atoms with Crippen LogP contribution in [0.4, 0.5) is 5.69 Å². The molecule has 2 N–H and O–H groups in total. The van der Waals surface area contributed by atoms with E-state index in [0.29, 0.717) is 6.61 Å². The summed E-state index contributed by atoms with van der Waals surface area (Å²) in [6.07, 6.45) is 3.98. The Labute approximate surface area is 85.0 Å². The Kier molecular flexibility index (Phi) is 4.46. The molecule has 0 aliphatic heterocycles. The van der Waals surface area contributed by atoms with E-state index in [2.05, 4.69) is 12.0 Å². The highest BCUT2D eigenvalue weighted by Gasteiger charge is 2.01. The third-order valence-corrected chi connectivity index (χ3v) is 2.23. The molecule has 0 fully saturated rings. The van der Waals surface area contributed by atoms with Gasteiger partial charge in [0.25, 0.3) is 0 Å². The van der Waals surface area contributed by atoms with Crippen molar-refractivity contribution < 1.29 is 4.74 Å². The number of hydrogen-bond donors (Lipinski definition) is 1. The molecule has 0 atom stereocenters. The number of ether oxygens (including phenoxy) is 1. The molecule has 0 radical (unpaired) electrons. The Morgan fingerprint density at radius 3 is 2.86 bits per heavy atom. The van der Waals surface area contributed by atoms with Crippen LogP contribution in [-0.4, -0.2) is 23.0 Å². The van der Waals surface area contributed by atoms with E-state index in [1.54, 1.807) is 6.20 Å².